The van der Waals surface area contributed by atoms with E-state index in [0.29, 0.717) is 5.95 Å². The Morgan fingerprint density at radius 2 is 1.91 bits per heavy atom. The fourth-order valence-corrected chi connectivity index (χ4v) is 5.64. The maximum absolute atomic E-state index is 12.1. The topological polar surface area (TPSA) is 86.0 Å². The predicted molar refractivity (Wildman–Crippen MR) is 134 cm³/mol. The van der Waals surface area contributed by atoms with Gasteiger partial charge in [-0.2, -0.15) is 4.98 Å². The van der Waals surface area contributed by atoms with Crippen LogP contribution in [0.1, 0.15) is 18.4 Å². The Labute approximate surface area is 201 Å². The van der Waals surface area contributed by atoms with Crippen molar-refractivity contribution < 1.29 is 9.90 Å². The van der Waals surface area contributed by atoms with Gasteiger partial charge >= 0.3 is 0 Å². The molecule has 1 amide bonds. The first-order valence-corrected chi connectivity index (χ1v) is 12.7. The normalized spacial score (nSPS) is 17.6. The van der Waals surface area contributed by atoms with Gasteiger partial charge in [0.25, 0.3) is 0 Å². The second-order valence-electron chi connectivity index (χ2n) is 9.20. The van der Waals surface area contributed by atoms with Gasteiger partial charge in [0.1, 0.15) is 0 Å². The molecule has 0 unspecified atom stereocenters. The van der Waals surface area contributed by atoms with Gasteiger partial charge in [-0.1, -0.05) is 12.1 Å². The summed E-state index contributed by atoms with van der Waals surface area (Å²) in [5.74, 6) is 0.501. The highest BCUT2D eigenvalue weighted by Crippen LogP contribution is 2.35. The highest BCUT2D eigenvalue weighted by atomic mass is 32.1. The number of fused-ring (bicyclic) bond motifs is 2. The number of carbonyl (C=O) groups is 1. The van der Waals surface area contributed by atoms with E-state index in [0.717, 1.165) is 68.3 Å². The molecule has 6 rings (SSSR count). The molecule has 3 aromatic heterocycles. The number of thiophene rings is 1. The van der Waals surface area contributed by atoms with Crippen LogP contribution in [-0.2, 0) is 11.3 Å². The van der Waals surface area contributed by atoms with Crippen LogP contribution in [0.4, 0.5) is 5.95 Å². The van der Waals surface area contributed by atoms with E-state index in [1.807, 2.05) is 22.7 Å². The van der Waals surface area contributed by atoms with Gasteiger partial charge in [0.15, 0.2) is 5.65 Å². The average Bonchev–Trinajstić information content (AvgIpc) is 3.49. The monoisotopic (exact) mass is 476 g/mol. The molecule has 2 N–H and O–H groups in total. The molecule has 34 heavy (non-hydrogen) atoms. The van der Waals surface area contributed by atoms with Crippen molar-refractivity contribution in [3.05, 3.63) is 48.0 Å². The summed E-state index contributed by atoms with van der Waals surface area (Å²) in [5.41, 5.74) is 3.01. The first-order chi connectivity index (χ1) is 16.7. The van der Waals surface area contributed by atoms with E-state index in [9.17, 15) is 4.79 Å². The van der Waals surface area contributed by atoms with Gasteiger partial charge in [-0.3, -0.25) is 19.9 Å². The van der Waals surface area contributed by atoms with Crippen LogP contribution in [0.25, 0.3) is 26.3 Å². The second kappa shape index (κ2) is 9.07. The number of nitrogens with zero attached hydrogens (tertiary/aromatic N) is 5. The number of pyridine rings is 1. The van der Waals surface area contributed by atoms with E-state index >= 15 is 0 Å². The first-order valence-electron chi connectivity index (χ1n) is 11.9. The fraction of sp³-hybridized carbons (Fsp3) is 0.400. The number of nitrogens with one attached hydrogen (secondary N) is 1. The molecule has 1 aliphatic carbocycles. The number of rotatable bonds is 7. The number of aromatic nitrogens is 3. The number of aliphatic hydroxyl groups is 1. The van der Waals surface area contributed by atoms with Crippen molar-refractivity contribution in [3.63, 3.8) is 0 Å². The third-order valence-corrected chi connectivity index (χ3v) is 7.80. The van der Waals surface area contributed by atoms with Crippen LogP contribution >= 0.6 is 11.3 Å². The van der Waals surface area contributed by atoms with E-state index < -0.39 is 0 Å². The van der Waals surface area contributed by atoms with Gasteiger partial charge in [0.05, 0.1) is 17.2 Å². The van der Waals surface area contributed by atoms with Crippen LogP contribution in [0.5, 0.6) is 0 Å². The van der Waals surface area contributed by atoms with Crippen molar-refractivity contribution in [2.24, 2.45) is 5.92 Å². The number of hydrogen-bond acceptors (Lipinski definition) is 7. The van der Waals surface area contributed by atoms with Crippen LogP contribution in [0.3, 0.4) is 0 Å². The molecule has 0 bridgehead atoms. The number of β-amino-alcohol motifs (C(OH)–C–C–N with tert-alkyl or cyclic N) is 1. The SMILES string of the molecule is O=C(Nc1nc2cccc(-c3cc4cc(CN5CCN(CCO)CC5)ccc4s3)n2n1)C1CC1. The molecule has 4 heterocycles. The number of anilines is 1. The number of amides is 1. The Hall–Kier alpha value is -2.85. The molecule has 176 valence electrons. The van der Waals surface area contributed by atoms with Gasteiger partial charge in [-0.05, 0) is 54.1 Å². The Balaban J connectivity index is 1.22. The summed E-state index contributed by atoms with van der Waals surface area (Å²) < 4.78 is 3.06. The number of benzene rings is 1. The molecular weight excluding hydrogens is 448 g/mol. The highest BCUT2D eigenvalue weighted by molar-refractivity contribution is 7.22. The third-order valence-electron chi connectivity index (χ3n) is 6.66. The summed E-state index contributed by atoms with van der Waals surface area (Å²) in [4.78, 5) is 22.6. The van der Waals surface area contributed by atoms with Crippen molar-refractivity contribution in [3.8, 4) is 10.6 Å². The van der Waals surface area contributed by atoms with Crippen molar-refractivity contribution in [1.82, 2.24) is 24.4 Å². The minimum absolute atomic E-state index is 0.0154. The molecule has 1 saturated carbocycles. The summed E-state index contributed by atoms with van der Waals surface area (Å²) in [6.07, 6.45) is 1.91. The van der Waals surface area contributed by atoms with Gasteiger partial charge in [-0.25, -0.2) is 4.52 Å². The lowest BCUT2D eigenvalue weighted by atomic mass is 10.1. The van der Waals surface area contributed by atoms with Crippen LogP contribution in [0.15, 0.2) is 42.5 Å². The zero-order valence-electron chi connectivity index (χ0n) is 19.0. The van der Waals surface area contributed by atoms with Gasteiger partial charge < -0.3 is 5.11 Å². The van der Waals surface area contributed by atoms with E-state index in [-0.39, 0.29) is 18.4 Å². The van der Waals surface area contributed by atoms with Gasteiger partial charge in [0, 0.05) is 49.9 Å². The van der Waals surface area contributed by atoms with Crippen LogP contribution in [0, 0.1) is 5.92 Å². The van der Waals surface area contributed by atoms with Gasteiger partial charge in [-0.15, -0.1) is 16.4 Å². The van der Waals surface area contributed by atoms with Crippen molar-refractivity contribution in [2.75, 3.05) is 44.6 Å². The quantitative estimate of drug-likeness (QED) is 0.426. The molecular formula is C25H28N6O2S. The molecule has 0 atom stereocenters. The number of hydrogen-bond donors (Lipinski definition) is 2. The van der Waals surface area contributed by atoms with Gasteiger partial charge in [0.2, 0.25) is 11.9 Å². The summed E-state index contributed by atoms with van der Waals surface area (Å²) in [6, 6.07) is 14.9. The minimum Gasteiger partial charge on any atom is -0.395 e. The van der Waals surface area contributed by atoms with Crippen molar-refractivity contribution >= 4 is 38.9 Å². The third kappa shape index (κ3) is 4.44. The molecule has 8 nitrogen and oxygen atoms in total. The van der Waals surface area contributed by atoms with Crippen molar-refractivity contribution in [2.45, 2.75) is 19.4 Å². The van der Waals surface area contributed by atoms with E-state index in [1.54, 1.807) is 11.3 Å². The zero-order valence-corrected chi connectivity index (χ0v) is 19.8. The smallest absolute Gasteiger partial charge is 0.249 e. The molecule has 1 aromatic carbocycles. The standard InChI is InChI=1S/C25H28N6O2S/c32-13-12-29-8-10-30(11-9-29)16-17-4-7-21-19(14-17)15-22(34-21)20-2-1-3-23-26-25(28-31(20)23)27-24(33)18-5-6-18/h1-4,7,14-15,18,32H,5-6,8-13,16H2,(H,27,28,33). The zero-order chi connectivity index (χ0) is 23.1. The van der Waals surface area contributed by atoms with E-state index in [4.69, 9.17) is 5.11 Å². The highest BCUT2D eigenvalue weighted by Gasteiger charge is 2.30. The molecule has 1 saturated heterocycles. The summed E-state index contributed by atoms with van der Waals surface area (Å²) in [7, 11) is 0. The molecule has 2 fully saturated rings. The molecule has 9 heteroatoms. The summed E-state index contributed by atoms with van der Waals surface area (Å²) >= 11 is 1.74. The summed E-state index contributed by atoms with van der Waals surface area (Å²) in [6.45, 7) is 6.02. The van der Waals surface area contributed by atoms with Crippen LogP contribution in [-0.4, -0.2) is 74.7 Å². The summed E-state index contributed by atoms with van der Waals surface area (Å²) in [5, 5.41) is 17.8. The fourth-order valence-electron chi connectivity index (χ4n) is 4.59. The second-order valence-corrected chi connectivity index (χ2v) is 10.3. The predicted octanol–water partition coefficient (Wildman–Crippen LogP) is 3.07. The van der Waals surface area contributed by atoms with Crippen LogP contribution in [0.2, 0.25) is 0 Å². The minimum atomic E-state index is 0.0154. The number of aliphatic hydroxyl groups excluding tert-OH is 1. The lowest BCUT2D eigenvalue weighted by Gasteiger charge is -2.34. The number of piperazine rings is 1. The molecule has 2 aliphatic rings. The Bertz CT molecular complexity index is 1340. The van der Waals surface area contributed by atoms with E-state index in [2.05, 4.69) is 49.5 Å². The lowest BCUT2D eigenvalue weighted by Crippen LogP contribution is -2.46. The Morgan fingerprint density at radius 3 is 2.71 bits per heavy atom. The molecule has 0 radical (unpaired) electrons. The average molecular weight is 477 g/mol. The molecule has 1 aliphatic heterocycles. The van der Waals surface area contributed by atoms with E-state index in [1.165, 1.54) is 15.6 Å². The Morgan fingerprint density at radius 1 is 1.09 bits per heavy atom. The van der Waals surface area contributed by atoms with Crippen LogP contribution < -0.4 is 5.32 Å². The Kier molecular flexibility index (Phi) is 5.78. The maximum Gasteiger partial charge on any atom is 0.249 e. The molecule has 0 spiro atoms. The lowest BCUT2D eigenvalue weighted by molar-refractivity contribution is -0.117. The van der Waals surface area contributed by atoms with Crippen molar-refractivity contribution in [1.29, 1.82) is 0 Å². The number of carbonyl (C=O) groups excluding carboxylic acids is 1. The largest absolute Gasteiger partial charge is 0.395 e. The maximum atomic E-state index is 12.1. The molecule has 4 aromatic rings. The first kappa shape index (κ1) is 21.7.